The van der Waals surface area contributed by atoms with E-state index in [1.807, 2.05) is 0 Å². The molecule has 0 unspecified atom stereocenters. The van der Waals surface area contributed by atoms with Crippen molar-refractivity contribution in [1.82, 2.24) is 4.57 Å². The molecule has 2 heteroatoms. The molecule has 0 N–H and O–H groups in total. The molecule has 11 rings (SSSR count). The van der Waals surface area contributed by atoms with Gasteiger partial charge in [-0.1, -0.05) is 206 Å². The van der Waals surface area contributed by atoms with Crippen LogP contribution in [0.3, 0.4) is 0 Å². The molecule has 1 aromatic heterocycles. The molecule has 11 aromatic rings. The second-order valence-electron chi connectivity index (χ2n) is 15.7. The van der Waals surface area contributed by atoms with Gasteiger partial charge in [-0.05, 0) is 93.0 Å². The van der Waals surface area contributed by atoms with Gasteiger partial charge >= 0.3 is 0 Å². The maximum atomic E-state index is 2.49. The van der Waals surface area contributed by atoms with Crippen molar-refractivity contribution in [3.63, 3.8) is 0 Å². The van der Waals surface area contributed by atoms with E-state index in [-0.39, 0.29) is 0 Å². The SMILES string of the molecule is c1ccc(-c2ccc(-c3ccc(-n4c5ccccc5c5ccc(N(c6ccccc6)c6ccccc6-c6ccccc6)cc54)c(-c4ccccc4-c4ccccc4)c3)cc2)cc1. The highest BCUT2D eigenvalue weighted by molar-refractivity contribution is 6.11. The van der Waals surface area contributed by atoms with Crippen LogP contribution >= 0.6 is 0 Å². The minimum Gasteiger partial charge on any atom is -0.310 e. The first-order valence-corrected chi connectivity index (χ1v) is 21.3. The van der Waals surface area contributed by atoms with Gasteiger partial charge in [-0.3, -0.25) is 0 Å². The molecule has 0 spiro atoms. The van der Waals surface area contributed by atoms with Crippen molar-refractivity contribution in [2.45, 2.75) is 0 Å². The number of para-hydroxylation sites is 3. The summed E-state index contributed by atoms with van der Waals surface area (Å²) < 4.78 is 2.49. The van der Waals surface area contributed by atoms with E-state index in [2.05, 4.69) is 264 Å². The summed E-state index contributed by atoms with van der Waals surface area (Å²) in [5.41, 5.74) is 18.6. The quantitative estimate of drug-likeness (QED) is 0.141. The van der Waals surface area contributed by atoms with Gasteiger partial charge in [0, 0.05) is 33.3 Å². The molecule has 0 fully saturated rings. The fourth-order valence-corrected chi connectivity index (χ4v) is 9.09. The predicted octanol–water partition coefficient (Wildman–Crippen LogP) is 16.6. The first-order valence-electron chi connectivity index (χ1n) is 21.3. The molecule has 0 aliphatic carbocycles. The molecular formula is C60H42N2. The van der Waals surface area contributed by atoms with E-state index in [1.54, 1.807) is 0 Å². The molecule has 0 radical (unpaired) electrons. The van der Waals surface area contributed by atoms with Crippen molar-refractivity contribution in [1.29, 1.82) is 0 Å². The fourth-order valence-electron chi connectivity index (χ4n) is 9.09. The molecule has 0 amide bonds. The first-order chi connectivity index (χ1) is 30.8. The highest BCUT2D eigenvalue weighted by Gasteiger charge is 2.22. The van der Waals surface area contributed by atoms with Gasteiger partial charge < -0.3 is 9.47 Å². The molecule has 10 aromatic carbocycles. The smallest absolute Gasteiger partial charge is 0.0562 e. The van der Waals surface area contributed by atoms with Crippen LogP contribution < -0.4 is 4.90 Å². The average Bonchev–Trinajstić information content (AvgIpc) is 3.69. The summed E-state index contributed by atoms with van der Waals surface area (Å²) in [4.78, 5) is 2.40. The molecule has 0 atom stereocenters. The van der Waals surface area contributed by atoms with Gasteiger partial charge in [-0.2, -0.15) is 0 Å². The van der Waals surface area contributed by atoms with Crippen LogP contribution in [0.25, 0.3) is 83.1 Å². The summed E-state index contributed by atoms with van der Waals surface area (Å²) >= 11 is 0. The third kappa shape index (κ3) is 6.74. The lowest BCUT2D eigenvalue weighted by Crippen LogP contribution is -2.11. The lowest BCUT2D eigenvalue weighted by atomic mass is 9.91. The summed E-state index contributed by atoms with van der Waals surface area (Å²) in [5.74, 6) is 0. The molecular weight excluding hydrogens is 749 g/mol. The Kier molecular flexibility index (Phi) is 9.57. The maximum Gasteiger partial charge on any atom is 0.0562 e. The Hall–Kier alpha value is -8.20. The van der Waals surface area contributed by atoms with Gasteiger partial charge in [-0.15, -0.1) is 0 Å². The normalized spacial score (nSPS) is 11.2. The number of rotatable bonds is 9. The van der Waals surface area contributed by atoms with Crippen LogP contribution in [0.15, 0.2) is 255 Å². The van der Waals surface area contributed by atoms with Crippen LogP contribution in [-0.2, 0) is 0 Å². The van der Waals surface area contributed by atoms with Gasteiger partial charge in [0.25, 0.3) is 0 Å². The zero-order valence-corrected chi connectivity index (χ0v) is 34.1. The van der Waals surface area contributed by atoms with E-state index in [1.165, 1.54) is 60.8 Å². The Morgan fingerprint density at radius 3 is 1.44 bits per heavy atom. The zero-order chi connectivity index (χ0) is 41.2. The highest BCUT2D eigenvalue weighted by atomic mass is 15.1. The number of hydrogen-bond donors (Lipinski definition) is 0. The minimum atomic E-state index is 1.08. The van der Waals surface area contributed by atoms with Crippen LogP contribution in [0, 0.1) is 0 Å². The second kappa shape index (κ2) is 16.1. The summed E-state index contributed by atoms with van der Waals surface area (Å²) in [6.45, 7) is 0. The third-order valence-corrected chi connectivity index (χ3v) is 12.0. The number of fused-ring (bicyclic) bond motifs is 3. The number of nitrogens with zero attached hydrogens (tertiary/aromatic N) is 2. The number of anilines is 3. The van der Waals surface area contributed by atoms with Crippen LogP contribution in [0.5, 0.6) is 0 Å². The Morgan fingerprint density at radius 1 is 0.258 bits per heavy atom. The van der Waals surface area contributed by atoms with E-state index < -0.39 is 0 Å². The van der Waals surface area contributed by atoms with Crippen LogP contribution in [0.1, 0.15) is 0 Å². The molecule has 62 heavy (non-hydrogen) atoms. The van der Waals surface area contributed by atoms with E-state index in [4.69, 9.17) is 0 Å². The van der Waals surface area contributed by atoms with Crippen LogP contribution in [0.2, 0.25) is 0 Å². The summed E-state index contributed by atoms with van der Waals surface area (Å²) in [5, 5.41) is 2.42. The molecule has 0 aliphatic heterocycles. The van der Waals surface area contributed by atoms with Crippen molar-refractivity contribution in [2.75, 3.05) is 4.90 Å². The summed E-state index contributed by atoms with van der Waals surface area (Å²) in [6.07, 6.45) is 0. The van der Waals surface area contributed by atoms with E-state index >= 15 is 0 Å². The van der Waals surface area contributed by atoms with Gasteiger partial charge in [0.1, 0.15) is 0 Å². The Bertz CT molecular complexity index is 3310. The largest absolute Gasteiger partial charge is 0.310 e. The summed E-state index contributed by atoms with van der Waals surface area (Å²) in [7, 11) is 0. The summed E-state index contributed by atoms with van der Waals surface area (Å²) in [6, 6.07) is 92.1. The topological polar surface area (TPSA) is 8.17 Å². The molecule has 0 aliphatic rings. The monoisotopic (exact) mass is 790 g/mol. The van der Waals surface area contributed by atoms with Crippen molar-refractivity contribution in [3.05, 3.63) is 255 Å². The molecule has 0 saturated carbocycles. The Morgan fingerprint density at radius 2 is 0.742 bits per heavy atom. The van der Waals surface area contributed by atoms with E-state index in [9.17, 15) is 0 Å². The predicted molar refractivity (Wildman–Crippen MR) is 263 cm³/mol. The van der Waals surface area contributed by atoms with Gasteiger partial charge in [-0.25, -0.2) is 0 Å². The molecule has 0 saturated heterocycles. The fraction of sp³-hybridized carbons (Fsp3) is 0. The Labute approximate surface area is 362 Å². The third-order valence-electron chi connectivity index (χ3n) is 12.0. The van der Waals surface area contributed by atoms with E-state index in [0.717, 1.165) is 39.3 Å². The van der Waals surface area contributed by atoms with E-state index in [0.29, 0.717) is 0 Å². The number of benzene rings is 10. The van der Waals surface area contributed by atoms with Crippen molar-refractivity contribution >= 4 is 38.9 Å². The lowest BCUT2D eigenvalue weighted by Gasteiger charge is -2.28. The van der Waals surface area contributed by atoms with Crippen molar-refractivity contribution < 1.29 is 0 Å². The first kappa shape index (κ1) is 36.8. The molecule has 1 heterocycles. The van der Waals surface area contributed by atoms with Gasteiger partial charge in [0.2, 0.25) is 0 Å². The van der Waals surface area contributed by atoms with Crippen molar-refractivity contribution in [3.8, 4) is 61.3 Å². The molecule has 2 nitrogen and oxygen atoms in total. The maximum absolute atomic E-state index is 2.49. The van der Waals surface area contributed by atoms with Crippen molar-refractivity contribution in [2.24, 2.45) is 0 Å². The number of aromatic nitrogens is 1. The van der Waals surface area contributed by atoms with Gasteiger partial charge in [0.05, 0.1) is 22.4 Å². The average molecular weight is 791 g/mol. The molecule has 0 bridgehead atoms. The number of hydrogen-bond acceptors (Lipinski definition) is 1. The molecule has 292 valence electrons. The Balaban J connectivity index is 1.15. The van der Waals surface area contributed by atoms with Crippen LogP contribution in [-0.4, -0.2) is 4.57 Å². The zero-order valence-electron chi connectivity index (χ0n) is 34.1. The highest BCUT2D eigenvalue weighted by Crippen LogP contribution is 2.45. The standard InChI is InChI=1S/C60H42N2/c1-5-19-43(20-6-1)44-33-35-45(36-34-44)48-37-40-59(56(41-48)53-29-14-13-27-51(53)46-21-7-2-8-22-46)62-58-32-18-16-30-54(58)55-39-38-50(42-60(55)62)61(49-25-11-4-12-26-49)57-31-17-15-28-52(57)47-23-9-3-10-24-47/h1-42H. The second-order valence-corrected chi connectivity index (χ2v) is 15.7. The van der Waals surface area contributed by atoms with Crippen LogP contribution in [0.4, 0.5) is 17.1 Å². The minimum absolute atomic E-state index is 1.08. The van der Waals surface area contributed by atoms with Gasteiger partial charge in [0.15, 0.2) is 0 Å². The lowest BCUT2D eigenvalue weighted by molar-refractivity contribution is 1.18.